The summed E-state index contributed by atoms with van der Waals surface area (Å²) >= 11 is 1.47. The van der Waals surface area contributed by atoms with Gasteiger partial charge in [-0.05, 0) is 63.3 Å². The largest absolute Gasteiger partial charge is 0.462 e. The molecule has 34 heavy (non-hydrogen) atoms. The Morgan fingerprint density at radius 1 is 1.00 bits per heavy atom. The third-order valence-corrected chi connectivity index (χ3v) is 7.47. The van der Waals surface area contributed by atoms with E-state index >= 15 is 0 Å². The number of hydrogen-bond acceptors (Lipinski definition) is 5. The Kier molecular flexibility index (Phi) is 6.65. The van der Waals surface area contributed by atoms with Gasteiger partial charge in [0.05, 0.1) is 18.6 Å². The van der Waals surface area contributed by atoms with E-state index in [1.807, 2.05) is 42.5 Å². The Morgan fingerprint density at radius 3 is 2.29 bits per heavy atom. The maximum Gasteiger partial charge on any atom is 0.341 e. The van der Waals surface area contributed by atoms with Gasteiger partial charge in [-0.2, -0.15) is 0 Å². The zero-order valence-electron chi connectivity index (χ0n) is 20.5. The number of carbonyl (C=O) groups excluding carboxylic acids is 2. The first kappa shape index (κ1) is 24.2. The highest BCUT2D eigenvalue weighted by molar-refractivity contribution is 7.17. The second-order valence-electron chi connectivity index (χ2n) is 9.93. The van der Waals surface area contributed by atoms with Crippen molar-refractivity contribution in [3.63, 3.8) is 0 Å². The molecule has 1 aliphatic heterocycles. The van der Waals surface area contributed by atoms with E-state index in [4.69, 9.17) is 4.74 Å². The van der Waals surface area contributed by atoms with Crippen LogP contribution in [0, 0.1) is 0 Å². The maximum atomic E-state index is 13.0. The van der Waals surface area contributed by atoms with Gasteiger partial charge in [0.15, 0.2) is 0 Å². The van der Waals surface area contributed by atoms with E-state index in [9.17, 15) is 9.59 Å². The summed E-state index contributed by atoms with van der Waals surface area (Å²) < 4.78 is 5.38. The van der Waals surface area contributed by atoms with Crippen LogP contribution in [-0.4, -0.2) is 24.0 Å². The van der Waals surface area contributed by atoms with Crippen LogP contribution in [0.5, 0.6) is 0 Å². The first-order chi connectivity index (χ1) is 16.1. The monoisotopic (exact) mass is 476 g/mol. The van der Waals surface area contributed by atoms with Crippen molar-refractivity contribution < 1.29 is 14.3 Å². The summed E-state index contributed by atoms with van der Waals surface area (Å²) in [4.78, 5) is 27.0. The molecular formula is C28H32N2O3S. The molecule has 0 spiro atoms. The lowest BCUT2D eigenvalue weighted by Crippen LogP contribution is -2.55. The number of thiophene rings is 1. The van der Waals surface area contributed by atoms with Gasteiger partial charge in [0.1, 0.15) is 5.00 Å². The molecule has 0 bridgehead atoms. The lowest BCUT2D eigenvalue weighted by atomic mass is 9.81. The van der Waals surface area contributed by atoms with Crippen LogP contribution in [0.2, 0.25) is 0 Å². The summed E-state index contributed by atoms with van der Waals surface area (Å²) in [7, 11) is 0. The predicted octanol–water partition coefficient (Wildman–Crippen LogP) is 5.93. The highest BCUT2D eigenvalue weighted by atomic mass is 32.1. The topological polar surface area (TPSA) is 67.4 Å². The molecule has 3 aromatic rings. The zero-order valence-corrected chi connectivity index (χ0v) is 21.3. The molecule has 0 fully saturated rings. The molecule has 2 heterocycles. The minimum Gasteiger partial charge on any atom is -0.462 e. The fourth-order valence-electron chi connectivity index (χ4n) is 4.84. The molecule has 2 aromatic carbocycles. The molecule has 0 unspecified atom stereocenters. The fourth-order valence-corrected chi connectivity index (χ4v) is 6.12. The first-order valence-corrected chi connectivity index (χ1v) is 12.5. The highest BCUT2D eigenvalue weighted by Crippen LogP contribution is 2.45. The molecule has 178 valence electrons. The molecule has 1 aliphatic rings. The first-order valence-electron chi connectivity index (χ1n) is 11.7. The number of hydrogen-bond donors (Lipinski definition) is 2. The summed E-state index contributed by atoms with van der Waals surface area (Å²) in [6, 6.07) is 18.2. The van der Waals surface area contributed by atoms with Crippen LogP contribution in [0.4, 0.5) is 5.00 Å². The number of ether oxygens (including phenoxy) is 1. The SMILES string of the molecule is CCOC(=O)c1c(NC(=O)Cc2ccc(-c3ccccc3)cc2)sc2c1CC(C)(C)NC2(C)C. The smallest absolute Gasteiger partial charge is 0.341 e. The van der Waals surface area contributed by atoms with Crippen molar-refractivity contribution in [2.24, 2.45) is 0 Å². The van der Waals surface area contributed by atoms with Crippen LogP contribution < -0.4 is 10.6 Å². The molecule has 5 nitrogen and oxygen atoms in total. The number of anilines is 1. The van der Waals surface area contributed by atoms with Gasteiger partial charge < -0.3 is 15.4 Å². The lowest BCUT2D eigenvalue weighted by molar-refractivity contribution is -0.115. The molecule has 0 saturated carbocycles. The van der Waals surface area contributed by atoms with Crippen LogP contribution >= 0.6 is 11.3 Å². The Morgan fingerprint density at radius 2 is 1.65 bits per heavy atom. The van der Waals surface area contributed by atoms with Crippen molar-refractivity contribution in [3.8, 4) is 11.1 Å². The fraction of sp³-hybridized carbons (Fsp3) is 0.357. The Hall–Kier alpha value is -2.96. The van der Waals surface area contributed by atoms with E-state index in [1.54, 1.807) is 6.92 Å². The maximum absolute atomic E-state index is 13.0. The van der Waals surface area contributed by atoms with Crippen molar-refractivity contribution in [2.75, 3.05) is 11.9 Å². The summed E-state index contributed by atoms with van der Waals surface area (Å²) in [5.41, 5.74) is 4.13. The van der Waals surface area contributed by atoms with Crippen molar-refractivity contribution in [3.05, 3.63) is 76.2 Å². The molecule has 0 radical (unpaired) electrons. The minimum atomic E-state index is -0.379. The van der Waals surface area contributed by atoms with Crippen molar-refractivity contribution in [2.45, 2.75) is 58.5 Å². The quantitative estimate of drug-likeness (QED) is 0.433. The predicted molar refractivity (Wildman–Crippen MR) is 138 cm³/mol. The third kappa shape index (κ3) is 5.08. The molecule has 0 saturated heterocycles. The zero-order chi connectivity index (χ0) is 24.5. The second-order valence-corrected chi connectivity index (χ2v) is 11.0. The number of rotatable bonds is 6. The van der Waals surface area contributed by atoms with Gasteiger partial charge in [-0.15, -0.1) is 11.3 Å². The Bertz CT molecular complexity index is 1190. The van der Waals surface area contributed by atoms with E-state index in [0.29, 0.717) is 17.0 Å². The van der Waals surface area contributed by atoms with Crippen molar-refractivity contribution in [1.82, 2.24) is 5.32 Å². The molecular weight excluding hydrogens is 444 g/mol. The molecule has 1 amide bonds. The highest BCUT2D eigenvalue weighted by Gasteiger charge is 2.42. The van der Waals surface area contributed by atoms with Gasteiger partial charge in [-0.25, -0.2) is 4.79 Å². The van der Waals surface area contributed by atoms with E-state index in [0.717, 1.165) is 27.1 Å². The number of nitrogens with one attached hydrogen (secondary N) is 2. The average Bonchev–Trinajstić information content (AvgIpc) is 3.12. The van der Waals surface area contributed by atoms with E-state index in [2.05, 4.69) is 50.5 Å². The summed E-state index contributed by atoms with van der Waals surface area (Å²) in [5, 5.41) is 7.25. The van der Waals surface area contributed by atoms with E-state index in [1.165, 1.54) is 11.3 Å². The number of carbonyl (C=O) groups is 2. The lowest BCUT2D eigenvalue weighted by Gasteiger charge is -2.42. The van der Waals surface area contributed by atoms with E-state index in [-0.39, 0.29) is 36.0 Å². The van der Waals surface area contributed by atoms with Gasteiger partial charge in [0.2, 0.25) is 5.91 Å². The standard InChI is InChI=1S/C28H32N2O3S/c1-6-33-26(32)23-21-17-27(2,3)30-28(4,5)24(21)34-25(23)29-22(31)16-18-12-14-20(15-13-18)19-10-8-7-9-11-19/h7-15,30H,6,16-17H2,1-5H3,(H,29,31). The van der Waals surface area contributed by atoms with Crippen LogP contribution in [0.25, 0.3) is 11.1 Å². The van der Waals surface area contributed by atoms with E-state index < -0.39 is 0 Å². The van der Waals surface area contributed by atoms with Gasteiger partial charge in [0.25, 0.3) is 0 Å². The summed E-state index contributed by atoms with van der Waals surface area (Å²) in [5.74, 6) is -0.530. The molecule has 0 atom stereocenters. The summed E-state index contributed by atoms with van der Waals surface area (Å²) in [6.45, 7) is 10.6. The van der Waals surface area contributed by atoms with Crippen molar-refractivity contribution >= 4 is 28.2 Å². The van der Waals surface area contributed by atoms with Gasteiger partial charge in [0, 0.05) is 16.0 Å². The molecule has 0 aliphatic carbocycles. The summed E-state index contributed by atoms with van der Waals surface area (Å²) in [6.07, 6.45) is 0.917. The normalized spacial score (nSPS) is 15.9. The number of benzene rings is 2. The van der Waals surface area contributed by atoms with Gasteiger partial charge in [-0.3, -0.25) is 4.79 Å². The average molecular weight is 477 g/mol. The van der Waals surface area contributed by atoms with Crippen LogP contribution in [0.15, 0.2) is 54.6 Å². The van der Waals surface area contributed by atoms with Crippen LogP contribution in [0.3, 0.4) is 0 Å². The van der Waals surface area contributed by atoms with Gasteiger partial charge in [-0.1, -0.05) is 54.6 Å². The molecule has 2 N–H and O–H groups in total. The number of fused-ring (bicyclic) bond motifs is 1. The Balaban J connectivity index is 1.58. The van der Waals surface area contributed by atoms with Crippen molar-refractivity contribution in [1.29, 1.82) is 0 Å². The number of esters is 1. The minimum absolute atomic E-state index is 0.151. The van der Waals surface area contributed by atoms with Gasteiger partial charge >= 0.3 is 5.97 Å². The molecule has 1 aromatic heterocycles. The number of amides is 1. The Labute approximate surface area is 205 Å². The van der Waals surface area contributed by atoms with Crippen LogP contribution in [0.1, 0.15) is 61.0 Å². The van der Waals surface area contributed by atoms with Crippen LogP contribution in [-0.2, 0) is 27.9 Å². The molecule has 6 heteroatoms. The second kappa shape index (κ2) is 9.35. The molecule has 4 rings (SSSR count). The third-order valence-electron chi connectivity index (χ3n) is 6.00.